The Balaban J connectivity index is 1.38. The number of likely N-dealkylation sites (tertiary alicyclic amines) is 1. The van der Waals surface area contributed by atoms with E-state index in [2.05, 4.69) is 0 Å². The van der Waals surface area contributed by atoms with Gasteiger partial charge in [-0.1, -0.05) is 38.1 Å². The number of para-hydroxylation sites is 1. The number of piperidine rings is 1. The van der Waals surface area contributed by atoms with Crippen molar-refractivity contribution in [2.45, 2.75) is 58.0 Å². The Labute approximate surface area is 243 Å². The van der Waals surface area contributed by atoms with Crippen LogP contribution in [0.3, 0.4) is 0 Å². The van der Waals surface area contributed by atoms with Crippen LogP contribution in [0, 0.1) is 0 Å². The van der Waals surface area contributed by atoms with Gasteiger partial charge in [0.2, 0.25) is 5.91 Å². The number of hydrogen-bond acceptors (Lipinski definition) is 7. The van der Waals surface area contributed by atoms with Crippen LogP contribution in [-0.4, -0.2) is 91.2 Å². The van der Waals surface area contributed by atoms with Crippen molar-refractivity contribution in [3.8, 4) is 11.5 Å². The highest BCUT2D eigenvalue weighted by Gasteiger charge is 2.35. The summed E-state index contributed by atoms with van der Waals surface area (Å²) >= 11 is 0. The van der Waals surface area contributed by atoms with E-state index in [0.717, 1.165) is 24.3 Å². The van der Waals surface area contributed by atoms with Gasteiger partial charge in [0, 0.05) is 42.9 Å². The Morgan fingerprint density at radius 1 is 1.12 bits per heavy atom. The van der Waals surface area contributed by atoms with Crippen molar-refractivity contribution in [2.24, 2.45) is 0 Å². The van der Waals surface area contributed by atoms with Crippen LogP contribution in [-0.2, 0) is 22.6 Å². The van der Waals surface area contributed by atoms with Crippen LogP contribution in [0.2, 0.25) is 0 Å². The lowest BCUT2D eigenvalue weighted by Crippen LogP contribution is -2.50. The molecule has 2 aliphatic rings. The predicted octanol–water partition coefficient (Wildman–Crippen LogP) is 4.40. The molecule has 1 unspecified atom stereocenters. The summed E-state index contributed by atoms with van der Waals surface area (Å²) in [5.74, 6) is -0.120. The fourth-order valence-corrected chi connectivity index (χ4v) is 5.26. The molecule has 0 saturated carbocycles. The molecule has 1 saturated heterocycles. The number of ether oxygens (including phenoxy) is 3. The zero-order valence-corrected chi connectivity index (χ0v) is 23.9. The Morgan fingerprint density at radius 3 is 2.52 bits per heavy atom. The number of hydrogen-bond donors (Lipinski definition) is 1. The smallest absolute Gasteiger partial charge is 0.422 e. The van der Waals surface area contributed by atoms with Crippen molar-refractivity contribution in [2.75, 3.05) is 50.8 Å². The van der Waals surface area contributed by atoms with Crippen LogP contribution in [0.4, 0.5) is 23.7 Å². The number of rotatable bonds is 12. The molecule has 2 aromatic carbocycles. The maximum absolute atomic E-state index is 13.2. The highest BCUT2D eigenvalue weighted by molar-refractivity contribution is 5.91. The molecule has 1 N–H and O–H groups in total. The number of likely N-dealkylation sites (N-methyl/N-ethyl adjacent to an activating group) is 1. The molecule has 9 nitrogen and oxygen atoms in total. The number of halogens is 3. The maximum Gasteiger partial charge on any atom is 0.422 e. The first kappa shape index (κ1) is 31.4. The normalized spacial score (nSPS) is 16.7. The first-order valence-electron chi connectivity index (χ1n) is 14.2. The van der Waals surface area contributed by atoms with Crippen LogP contribution in [0.15, 0.2) is 42.5 Å². The molecule has 0 bridgehead atoms. The molecule has 4 rings (SSSR count). The number of nitrogens with zero attached hydrogens (tertiary/aromatic N) is 3. The monoisotopic (exact) mass is 593 g/mol. The molecule has 42 heavy (non-hydrogen) atoms. The molecule has 2 aliphatic heterocycles. The average Bonchev–Trinajstić information content (AvgIpc) is 2.98. The molecule has 12 heteroatoms. The quantitative estimate of drug-likeness (QED) is 0.390. The van der Waals surface area contributed by atoms with Crippen molar-refractivity contribution < 1.29 is 42.1 Å². The minimum Gasteiger partial charge on any atom is -0.491 e. The van der Waals surface area contributed by atoms with Crippen LogP contribution in [0.5, 0.6) is 11.5 Å². The Morgan fingerprint density at radius 2 is 1.83 bits per heavy atom. The van der Waals surface area contributed by atoms with Crippen LogP contribution in [0.25, 0.3) is 0 Å². The third-order valence-electron chi connectivity index (χ3n) is 7.56. The van der Waals surface area contributed by atoms with Crippen LogP contribution in [0.1, 0.15) is 37.8 Å². The van der Waals surface area contributed by atoms with Gasteiger partial charge >= 0.3 is 12.3 Å². The number of benzene rings is 2. The SMILES string of the molecule is CCN(CC)CC(O)COc1ccc(CC(=O)N2CCC(N3C(=O)OCc4ccccc43)CC2)c(OCC(F)(F)F)c1. The third kappa shape index (κ3) is 8.28. The molecular weight excluding hydrogens is 555 g/mol. The number of anilines is 1. The summed E-state index contributed by atoms with van der Waals surface area (Å²) in [4.78, 5) is 31.1. The van der Waals surface area contributed by atoms with E-state index in [1.54, 1.807) is 15.9 Å². The van der Waals surface area contributed by atoms with Crippen molar-refractivity contribution in [1.29, 1.82) is 0 Å². The number of carbonyl (C=O) groups is 2. The molecule has 0 radical (unpaired) electrons. The molecule has 230 valence electrons. The Kier molecular flexibility index (Phi) is 10.6. The van der Waals surface area contributed by atoms with Gasteiger partial charge in [-0.2, -0.15) is 13.2 Å². The van der Waals surface area contributed by atoms with E-state index in [9.17, 15) is 27.9 Å². The molecule has 2 heterocycles. The molecule has 1 atom stereocenters. The lowest BCUT2D eigenvalue weighted by atomic mass is 10.00. The van der Waals surface area contributed by atoms with E-state index in [0.29, 0.717) is 38.0 Å². The van der Waals surface area contributed by atoms with Gasteiger partial charge in [0.15, 0.2) is 6.61 Å². The van der Waals surface area contributed by atoms with Gasteiger partial charge in [-0.05, 0) is 38.1 Å². The summed E-state index contributed by atoms with van der Waals surface area (Å²) < 4.78 is 55.0. The van der Waals surface area contributed by atoms with E-state index < -0.39 is 25.0 Å². The minimum atomic E-state index is -4.56. The van der Waals surface area contributed by atoms with E-state index in [1.807, 2.05) is 43.0 Å². The largest absolute Gasteiger partial charge is 0.491 e. The summed E-state index contributed by atoms with van der Waals surface area (Å²) in [5, 5.41) is 10.3. The number of aliphatic hydroxyl groups excluding tert-OH is 1. The van der Waals surface area contributed by atoms with Crippen LogP contribution >= 0.6 is 0 Å². The van der Waals surface area contributed by atoms with Gasteiger partial charge < -0.3 is 29.1 Å². The number of alkyl halides is 3. The Bertz CT molecular complexity index is 1220. The molecule has 0 spiro atoms. The second kappa shape index (κ2) is 14.1. The predicted molar refractivity (Wildman–Crippen MR) is 150 cm³/mol. The third-order valence-corrected chi connectivity index (χ3v) is 7.56. The number of cyclic esters (lactones) is 1. The van der Waals surface area contributed by atoms with Gasteiger partial charge in [0.25, 0.3) is 0 Å². The van der Waals surface area contributed by atoms with E-state index in [4.69, 9.17) is 14.2 Å². The number of aliphatic hydroxyl groups is 1. The molecule has 0 aromatic heterocycles. The van der Waals surface area contributed by atoms with Gasteiger partial charge in [-0.15, -0.1) is 0 Å². The molecule has 1 fully saturated rings. The zero-order valence-electron chi connectivity index (χ0n) is 23.9. The number of fused-ring (bicyclic) bond motifs is 1. The highest BCUT2D eigenvalue weighted by Crippen LogP contribution is 2.33. The molecular formula is C30H38F3N3O6. The lowest BCUT2D eigenvalue weighted by molar-refractivity contribution is -0.153. The summed E-state index contributed by atoms with van der Waals surface area (Å²) in [5.41, 5.74) is 2.04. The number of carbonyl (C=O) groups excluding carboxylic acids is 2. The summed E-state index contributed by atoms with van der Waals surface area (Å²) in [6, 6.07) is 11.8. The standard InChI is InChI=1S/C30H38F3N3O6/c1-3-34(4-2)17-24(37)19-40-25-10-9-21(27(16-25)42-20-30(31,32)33)15-28(38)35-13-11-23(12-14-35)36-26-8-6-5-7-22(26)18-41-29(36)39/h5-10,16,23-24,37H,3-4,11-15,17-20H2,1-2H3. The first-order chi connectivity index (χ1) is 20.1. The average molecular weight is 594 g/mol. The minimum absolute atomic E-state index is 0.0442. The topological polar surface area (TPSA) is 91.8 Å². The van der Waals surface area contributed by atoms with Gasteiger partial charge in [0.05, 0.1) is 12.1 Å². The van der Waals surface area contributed by atoms with Crippen molar-refractivity contribution >= 4 is 17.7 Å². The van der Waals surface area contributed by atoms with Crippen LogP contribution < -0.4 is 14.4 Å². The Hall–Kier alpha value is -3.51. The fraction of sp³-hybridized carbons (Fsp3) is 0.533. The summed E-state index contributed by atoms with van der Waals surface area (Å²) in [6.45, 7) is 5.34. The first-order valence-corrected chi connectivity index (χ1v) is 14.2. The zero-order chi connectivity index (χ0) is 30.3. The van der Waals surface area contributed by atoms with Gasteiger partial charge in [-0.25, -0.2) is 4.79 Å². The van der Waals surface area contributed by atoms with E-state index in [-0.39, 0.29) is 43.1 Å². The summed E-state index contributed by atoms with van der Waals surface area (Å²) in [6.07, 6.45) is -4.84. The highest BCUT2D eigenvalue weighted by atomic mass is 19.4. The van der Waals surface area contributed by atoms with Crippen molar-refractivity contribution in [3.63, 3.8) is 0 Å². The van der Waals surface area contributed by atoms with Gasteiger partial charge in [0.1, 0.15) is 30.8 Å². The molecule has 2 amide bonds. The molecule has 0 aliphatic carbocycles. The maximum atomic E-state index is 13.2. The van der Waals surface area contributed by atoms with E-state index in [1.165, 1.54) is 12.1 Å². The fourth-order valence-electron chi connectivity index (χ4n) is 5.26. The molecule has 2 aromatic rings. The lowest BCUT2D eigenvalue weighted by Gasteiger charge is -2.40. The summed E-state index contributed by atoms with van der Waals surface area (Å²) in [7, 11) is 0. The van der Waals surface area contributed by atoms with Crippen molar-refractivity contribution in [3.05, 3.63) is 53.6 Å². The second-order valence-corrected chi connectivity index (χ2v) is 10.5. The van der Waals surface area contributed by atoms with E-state index >= 15 is 0 Å². The second-order valence-electron chi connectivity index (χ2n) is 10.5. The van der Waals surface area contributed by atoms with Crippen molar-refractivity contribution in [1.82, 2.24) is 9.80 Å². The van der Waals surface area contributed by atoms with Gasteiger partial charge in [-0.3, -0.25) is 9.69 Å². The number of amides is 2.